The number of halogens is 2. The van der Waals surface area contributed by atoms with Crippen molar-refractivity contribution in [3.05, 3.63) is 63.6 Å². The lowest BCUT2D eigenvalue weighted by Gasteiger charge is -2.54. The Morgan fingerprint density at radius 2 is 1.88 bits per heavy atom. The molecule has 2 aromatic rings. The van der Waals surface area contributed by atoms with Crippen LogP contribution in [-0.2, 0) is 22.7 Å². The van der Waals surface area contributed by atoms with Crippen LogP contribution in [0.15, 0.2) is 42.5 Å². The standard InChI is InChI=1S/C29H35Cl2N5O4S/c1-33-18-27(37)35-25(12-13-41-23-4-3-5-23)28(38)34(16-20-8-9-21(30)14-24(20)31)17-26(35)36(33)29(39)32-15-19-6-10-22(40-2)11-7-19/h6-11,14,23,25-26H,3-5,12-13,15-18H2,1-2H3,(H,32,39)/t25-,26-/m0/s1. The molecule has 2 heterocycles. The Bertz CT molecular complexity index is 1280. The molecular formula is C29H35Cl2N5O4S. The van der Waals surface area contributed by atoms with Gasteiger partial charge < -0.3 is 19.9 Å². The lowest BCUT2D eigenvalue weighted by Crippen LogP contribution is -2.75. The van der Waals surface area contributed by atoms with E-state index in [1.165, 1.54) is 19.3 Å². The number of piperazine rings is 1. The normalized spacial score (nSPS) is 21.5. The number of amides is 4. The fourth-order valence-corrected chi connectivity index (χ4v) is 7.29. The number of benzene rings is 2. The second-order valence-electron chi connectivity index (χ2n) is 10.6. The summed E-state index contributed by atoms with van der Waals surface area (Å²) in [6.07, 6.45) is 3.51. The molecule has 0 spiro atoms. The van der Waals surface area contributed by atoms with E-state index in [1.54, 1.807) is 46.1 Å². The lowest BCUT2D eigenvalue weighted by molar-refractivity contribution is -0.187. The number of urea groups is 1. The van der Waals surface area contributed by atoms with Crippen molar-refractivity contribution in [1.82, 2.24) is 25.1 Å². The zero-order valence-corrected chi connectivity index (χ0v) is 25.6. The summed E-state index contributed by atoms with van der Waals surface area (Å²) in [4.78, 5) is 44.3. The van der Waals surface area contributed by atoms with E-state index in [4.69, 9.17) is 27.9 Å². The zero-order valence-electron chi connectivity index (χ0n) is 23.2. The second-order valence-corrected chi connectivity index (χ2v) is 12.9. The molecule has 9 nitrogen and oxygen atoms in total. The van der Waals surface area contributed by atoms with Gasteiger partial charge in [0.1, 0.15) is 18.0 Å². The molecule has 2 aliphatic heterocycles. The minimum atomic E-state index is -0.662. The van der Waals surface area contributed by atoms with E-state index in [9.17, 15) is 14.4 Å². The van der Waals surface area contributed by atoms with Gasteiger partial charge in [0, 0.05) is 35.4 Å². The minimum Gasteiger partial charge on any atom is -0.497 e. The van der Waals surface area contributed by atoms with Crippen molar-refractivity contribution < 1.29 is 19.1 Å². The highest BCUT2D eigenvalue weighted by Gasteiger charge is 2.50. The molecule has 0 radical (unpaired) electrons. The Kier molecular flexibility index (Phi) is 9.53. The van der Waals surface area contributed by atoms with Gasteiger partial charge in [0.2, 0.25) is 11.8 Å². The van der Waals surface area contributed by atoms with Gasteiger partial charge in [-0.1, -0.05) is 47.8 Å². The van der Waals surface area contributed by atoms with E-state index in [2.05, 4.69) is 5.32 Å². The van der Waals surface area contributed by atoms with Crippen LogP contribution in [0.2, 0.25) is 10.0 Å². The highest BCUT2D eigenvalue weighted by Crippen LogP contribution is 2.34. The van der Waals surface area contributed by atoms with E-state index in [0.717, 1.165) is 22.6 Å². The Morgan fingerprint density at radius 1 is 1.12 bits per heavy atom. The first-order chi connectivity index (χ1) is 19.7. The number of carbonyl (C=O) groups excluding carboxylic acids is 3. The fraction of sp³-hybridized carbons (Fsp3) is 0.483. The number of hydrazine groups is 1. The van der Waals surface area contributed by atoms with Crippen LogP contribution in [0.4, 0.5) is 4.79 Å². The molecule has 3 aliphatic rings. The van der Waals surface area contributed by atoms with Crippen LogP contribution in [0, 0.1) is 0 Å². The van der Waals surface area contributed by atoms with E-state index < -0.39 is 12.2 Å². The van der Waals surface area contributed by atoms with E-state index in [-0.39, 0.29) is 37.5 Å². The first-order valence-electron chi connectivity index (χ1n) is 13.8. The van der Waals surface area contributed by atoms with Gasteiger partial charge in [-0.25, -0.2) is 14.8 Å². The molecule has 220 valence electrons. The van der Waals surface area contributed by atoms with Crippen LogP contribution < -0.4 is 10.1 Å². The SMILES string of the molecule is COc1ccc(CNC(=O)N2[C@H]3CN(Cc4ccc(Cl)cc4Cl)C(=O)[C@H](CCSC4CCC4)N3C(=O)CN2C)cc1. The number of carbonyl (C=O) groups is 3. The number of methoxy groups -OCH3 is 1. The summed E-state index contributed by atoms with van der Waals surface area (Å²) in [6.45, 7) is 0.730. The number of thioether (sulfide) groups is 1. The summed E-state index contributed by atoms with van der Waals surface area (Å²) < 4.78 is 5.22. The molecule has 2 aromatic carbocycles. The van der Waals surface area contributed by atoms with Crippen molar-refractivity contribution in [3.63, 3.8) is 0 Å². The molecule has 3 fully saturated rings. The first-order valence-corrected chi connectivity index (χ1v) is 15.6. The molecule has 1 N–H and O–H groups in total. The summed E-state index contributed by atoms with van der Waals surface area (Å²) in [6, 6.07) is 11.7. The van der Waals surface area contributed by atoms with Crippen LogP contribution in [0.1, 0.15) is 36.8 Å². The number of ether oxygens (including phenoxy) is 1. The molecule has 41 heavy (non-hydrogen) atoms. The maximum Gasteiger partial charge on any atom is 0.334 e. The monoisotopic (exact) mass is 619 g/mol. The zero-order chi connectivity index (χ0) is 29.1. The Hall–Kier alpha value is -2.66. The maximum atomic E-state index is 13.9. The van der Waals surface area contributed by atoms with Crippen molar-refractivity contribution in [2.45, 2.75) is 56.2 Å². The smallest absolute Gasteiger partial charge is 0.334 e. The van der Waals surface area contributed by atoms with E-state index in [0.29, 0.717) is 28.3 Å². The fourth-order valence-electron chi connectivity index (χ4n) is 5.47. The van der Waals surface area contributed by atoms with Gasteiger partial charge in [-0.3, -0.25) is 9.59 Å². The minimum absolute atomic E-state index is 0.00894. The Balaban J connectivity index is 1.38. The first kappa shape index (κ1) is 29.8. The van der Waals surface area contributed by atoms with Crippen molar-refractivity contribution in [2.24, 2.45) is 0 Å². The molecule has 1 saturated carbocycles. The van der Waals surface area contributed by atoms with Gasteiger partial charge >= 0.3 is 6.03 Å². The van der Waals surface area contributed by atoms with Gasteiger partial charge in [-0.2, -0.15) is 11.8 Å². The highest BCUT2D eigenvalue weighted by molar-refractivity contribution is 7.99. The summed E-state index contributed by atoms with van der Waals surface area (Å²) in [5.74, 6) is 1.22. The molecular weight excluding hydrogens is 585 g/mol. The molecule has 0 aromatic heterocycles. The third-order valence-electron chi connectivity index (χ3n) is 7.92. The summed E-state index contributed by atoms with van der Waals surface area (Å²) in [5.41, 5.74) is 1.67. The number of hydrogen-bond acceptors (Lipinski definition) is 6. The van der Waals surface area contributed by atoms with Crippen molar-refractivity contribution in [2.75, 3.05) is 33.0 Å². The molecule has 1 aliphatic carbocycles. The van der Waals surface area contributed by atoms with Crippen molar-refractivity contribution in [3.8, 4) is 5.75 Å². The molecule has 0 unspecified atom stereocenters. The van der Waals surface area contributed by atoms with Crippen LogP contribution >= 0.6 is 35.0 Å². The average molecular weight is 621 g/mol. The Labute approximate surface area is 255 Å². The number of rotatable bonds is 9. The largest absolute Gasteiger partial charge is 0.497 e. The van der Waals surface area contributed by atoms with Gasteiger partial charge in [0.25, 0.3) is 0 Å². The lowest BCUT2D eigenvalue weighted by atomic mass is 10.00. The molecule has 4 amide bonds. The predicted molar refractivity (Wildman–Crippen MR) is 161 cm³/mol. The average Bonchev–Trinajstić information content (AvgIpc) is 2.92. The number of nitrogens with one attached hydrogen (secondary N) is 1. The van der Waals surface area contributed by atoms with Crippen molar-refractivity contribution >= 4 is 52.8 Å². The quantitative estimate of drug-likeness (QED) is 0.441. The number of likely N-dealkylation sites (N-methyl/N-ethyl adjacent to an activating group) is 1. The summed E-state index contributed by atoms with van der Waals surface area (Å²) in [7, 11) is 3.33. The third kappa shape index (κ3) is 6.71. The van der Waals surface area contributed by atoms with Gasteiger partial charge in [0.15, 0.2) is 0 Å². The van der Waals surface area contributed by atoms with E-state index >= 15 is 0 Å². The summed E-state index contributed by atoms with van der Waals surface area (Å²) >= 11 is 14.4. The van der Waals surface area contributed by atoms with E-state index in [1.807, 2.05) is 42.1 Å². The highest BCUT2D eigenvalue weighted by atomic mass is 35.5. The Morgan fingerprint density at radius 3 is 2.54 bits per heavy atom. The van der Waals surface area contributed by atoms with Crippen LogP contribution in [0.5, 0.6) is 5.75 Å². The molecule has 2 atom stereocenters. The second kappa shape index (κ2) is 13.1. The van der Waals surface area contributed by atoms with Gasteiger partial charge in [-0.15, -0.1) is 0 Å². The predicted octanol–water partition coefficient (Wildman–Crippen LogP) is 4.62. The number of fused-ring (bicyclic) bond motifs is 1. The topological polar surface area (TPSA) is 85.4 Å². The van der Waals surface area contributed by atoms with Gasteiger partial charge in [0.05, 0.1) is 20.2 Å². The summed E-state index contributed by atoms with van der Waals surface area (Å²) in [5, 5.41) is 7.80. The van der Waals surface area contributed by atoms with Crippen LogP contribution in [0.25, 0.3) is 0 Å². The maximum absolute atomic E-state index is 13.9. The number of nitrogens with zero attached hydrogens (tertiary/aromatic N) is 4. The van der Waals surface area contributed by atoms with Gasteiger partial charge in [-0.05, 0) is 60.4 Å². The van der Waals surface area contributed by atoms with Crippen LogP contribution in [0.3, 0.4) is 0 Å². The van der Waals surface area contributed by atoms with Crippen molar-refractivity contribution in [1.29, 1.82) is 0 Å². The molecule has 5 rings (SSSR count). The van der Waals surface area contributed by atoms with Crippen LogP contribution in [-0.4, -0.2) is 88.1 Å². The molecule has 12 heteroatoms. The number of hydrogen-bond donors (Lipinski definition) is 1. The third-order valence-corrected chi connectivity index (χ3v) is 9.92. The molecule has 0 bridgehead atoms. The molecule has 2 saturated heterocycles.